The summed E-state index contributed by atoms with van der Waals surface area (Å²) in [5.41, 5.74) is -0.514. The summed E-state index contributed by atoms with van der Waals surface area (Å²) in [7, 11) is 0. The zero-order valence-electron chi connectivity index (χ0n) is 6.42. The molecule has 0 bridgehead atoms. The molecular weight excluding hydrogens is 181 g/mol. The Morgan fingerprint density at radius 2 is 1.69 bits per heavy atom. The first-order chi connectivity index (χ1) is 6.09. The molecule has 0 aromatic heterocycles. The van der Waals surface area contributed by atoms with Gasteiger partial charge in [0.05, 0.1) is 5.56 Å². The lowest BCUT2D eigenvalue weighted by atomic mass is 10.1. The van der Waals surface area contributed by atoms with Gasteiger partial charge < -0.3 is 0 Å². The van der Waals surface area contributed by atoms with E-state index in [0.717, 1.165) is 6.07 Å². The molecule has 0 amide bonds. The summed E-state index contributed by atoms with van der Waals surface area (Å²) in [6.45, 7) is 0. The fraction of sp³-hybridized carbons (Fsp3) is 0.250. The molecule has 1 aromatic rings. The Kier molecular flexibility index (Phi) is 1.61. The average molecular weight is 186 g/mol. The van der Waals surface area contributed by atoms with Gasteiger partial charge in [-0.25, -0.2) is 0 Å². The minimum Gasteiger partial charge on any atom is -0.166 e. The fourth-order valence-corrected chi connectivity index (χ4v) is 1.14. The lowest BCUT2D eigenvalue weighted by Crippen LogP contribution is -2.08. The van der Waals surface area contributed by atoms with Crippen molar-refractivity contribution in [2.24, 2.45) is 10.2 Å². The Hall–Kier alpha value is -1.39. The van der Waals surface area contributed by atoms with E-state index in [-0.39, 0.29) is 5.56 Å². The van der Waals surface area contributed by atoms with Crippen molar-refractivity contribution in [2.75, 3.05) is 0 Å². The van der Waals surface area contributed by atoms with Crippen LogP contribution in [0.1, 0.15) is 17.3 Å². The summed E-state index contributed by atoms with van der Waals surface area (Å²) in [5.74, 6) is 0. The zero-order chi connectivity index (χ0) is 9.47. The highest BCUT2D eigenvalue weighted by Crippen LogP contribution is 2.40. The van der Waals surface area contributed by atoms with Gasteiger partial charge in [0.1, 0.15) is 0 Å². The number of nitrogens with zero attached hydrogens (tertiary/aromatic N) is 2. The molecule has 5 heteroatoms. The van der Waals surface area contributed by atoms with Crippen LogP contribution in [-0.4, -0.2) is 0 Å². The summed E-state index contributed by atoms with van der Waals surface area (Å²) in [4.78, 5) is 0. The zero-order valence-corrected chi connectivity index (χ0v) is 6.42. The molecule has 1 aromatic carbocycles. The minimum absolute atomic E-state index is 0.134. The van der Waals surface area contributed by atoms with Crippen molar-refractivity contribution in [2.45, 2.75) is 12.3 Å². The third kappa shape index (κ3) is 1.54. The third-order valence-electron chi connectivity index (χ3n) is 1.78. The monoisotopic (exact) mass is 186 g/mol. The largest absolute Gasteiger partial charge is 0.416 e. The molecule has 0 unspecified atom stereocenters. The minimum atomic E-state index is -4.32. The van der Waals surface area contributed by atoms with Crippen LogP contribution in [0.15, 0.2) is 34.5 Å². The van der Waals surface area contributed by atoms with E-state index in [2.05, 4.69) is 10.2 Å². The van der Waals surface area contributed by atoms with E-state index in [4.69, 9.17) is 0 Å². The van der Waals surface area contributed by atoms with Crippen LogP contribution in [0.5, 0.6) is 0 Å². The van der Waals surface area contributed by atoms with Crippen LogP contribution < -0.4 is 0 Å². The standard InChI is InChI=1S/C8H5F3N2/c9-8(10,11)6-4-2-1-3-5(6)7-12-13-7/h1-4,7H. The van der Waals surface area contributed by atoms with Crippen molar-refractivity contribution >= 4 is 0 Å². The van der Waals surface area contributed by atoms with Crippen LogP contribution in [0.25, 0.3) is 0 Å². The van der Waals surface area contributed by atoms with Crippen molar-refractivity contribution < 1.29 is 13.2 Å². The molecule has 13 heavy (non-hydrogen) atoms. The average Bonchev–Trinajstić information content (AvgIpc) is 2.85. The number of rotatable bonds is 1. The van der Waals surface area contributed by atoms with Crippen LogP contribution in [0, 0.1) is 0 Å². The Labute approximate surface area is 72.1 Å². The molecule has 1 aliphatic rings. The number of halogens is 3. The highest BCUT2D eigenvalue weighted by atomic mass is 19.4. The highest BCUT2D eigenvalue weighted by Gasteiger charge is 2.36. The summed E-state index contributed by atoms with van der Waals surface area (Å²) in [6.07, 6.45) is -4.91. The van der Waals surface area contributed by atoms with Crippen molar-refractivity contribution in [1.82, 2.24) is 0 Å². The molecule has 0 N–H and O–H groups in total. The predicted octanol–water partition coefficient (Wildman–Crippen LogP) is 3.17. The third-order valence-corrected chi connectivity index (χ3v) is 1.78. The summed E-state index contributed by atoms with van der Waals surface area (Å²) < 4.78 is 37.1. The van der Waals surface area contributed by atoms with E-state index >= 15 is 0 Å². The van der Waals surface area contributed by atoms with Gasteiger partial charge in [-0.05, 0) is 6.07 Å². The van der Waals surface area contributed by atoms with Crippen LogP contribution in [0.4, 0.5) is 13.2 Å². The lowest BCUT2D eigenvalue weighted by molar-refractivity contribution is -0.138. The number of hydrogen-bond acceptors (Lipinski definition) is 2. The quantitative estimate of drug-likeness (QED) is 0.643. The first-order valence-electron chi connectivity index (χ1n) is 3.65. The molecule has 0 saturated carbocycles. The van der Waals surface area contributed by atoms with Crippen molar-refractivity contribution in [3.63, 3.8) is 0 Å². The fourth-order valence-electron chi connectivity index (χ4n) is 1.14. The molecule has 0 atom stereocenters. The van der Waals surface area contributed by atoms with Gasteiger partial charge >= 0.3 is 6.18 Å². The Morgan fingerprint density at radius 1 is 1.08 bits per heavy atom. The van der Waals surface area contributed by atoms with Crippen molar-refractivity contribution in [3.05, 3.63) is 35.4 Å². The number of alkyl halides is 3. The summed E-state index contributed by atoms with van der Waals surface area (Å²) >= 11 is 0. The normalized spacial score (nSPS) is 16.2. The Balaban J connectivity index is 2.43. The molecule has 1 heterocycles. The SMILES string of the molecule is FC(F)(F)c1ccccc1C1N=N1. The van der Waals surface area contributed by atoms with Crippen LogP contribution in [0.2, 0.25) is 0 Å². The maximum atomic E-state index is 12.4. The van der Waals surface area contributed by atoms with Crippen LogP contribution in [-0.2, 0) is 6.18 Å². The van der Waals surface area contributed by atoms with Gasteiger partial charge in [-0.15, -0.1) is 0 Å². The maximum Gasteiger partial charge on any atom is 0.416 e. The van der Waals surface area contributed by atoms with E-state index in [9.17, 15) is 13.2 Å². The lowest BCUT2D eigenvalue weighted by Gasteiger charge is -2.09. The van der Waals surface area contributed by atoms with Crippen molar-refractivity contribution in [1.29, 1.82) is 0 Å². The number of benzene rings is 1. The van der Waals surface area contributed by atoms with E-state index in [0.29, 0.717) is 0 Å². The highest BCUT2D eigenvalue weighted by molar-refractivity contribution is 5.33. The molecular formula is C8H5F3N2. The summed E-state index contributed by atoms with van der Waals surface area (Å²) in [6, 6.07) is 5.34. The van der Waals surface area contributed by atoms with Gasteiger partial charge in [-0.3, -0.25) is 0 Å². The second-order valence-electron chi connectivity index (χ2n) is 2.69. The smallest absolute Gasteiger partial charge is 0.166 e. The second-order valence-corrected chi connectivity index (χ2v) is 2.69. The number of hydrogen-bond donors (Lipinski definition) is 0. The topological polar surface area (TPSA) is 24.7 Å². The maximum absolute atomic E-state index is 12.4. The molecule has 0 radical (unpaired) electrons. The molecule has 0 aliphatic carbocycles. The first kappa shape index (κ1) is 8.22. The van der Waals surface area contributed by atoms with Crippen LogP contribution >= 0.6 is 0 Å². The van der Waals surface area contributed by atoms with Gasteiger partial charge in [0, 0.05) is 5.56 Å². The van der Waals surface area contributed by atoms with E-state index < -0.39 is 17.9 Å². The summed E-state index contributed by atoms with van der Waals surface area (Å²) in [5, 5.41) is 6.94. The van der Waals surface area contributed by atoms with Gasteiger partial charge in [0.15, 0.2) is 0 Å². The molecule has 68 valence electrons. The molecule has 0 saturated heterocycles. The molecule has 2 nitrogen and oxygen atoms in total. The predicted molar refractivity (Wildman–Crippen MR) is 39.0 cm³/mol. The van der Waals surface area contributed by atoms with E-state index in [1.807, 2.05) is 0 Å². The molecule has 1 aliphatic heterocycles. The Bertz CT molecular complexity index is 351. The van der Waals surface area contributed by atoms with Gasteiger partial charge in [0.25, 0.3) is 0 Å². The van der Waals surface area contributed by atoms with Gasteiger partial charge in [-0.1, -0.05) is 18.2 Å². The van der Waals surface area contributed by atoms with Crippen molar-refractivity contribution in [3.8, 4) is 0 Å². The van der Waals surface area contributed by atoms with Gasteiger partial charge in [-0.2, -0.15) is 23.4 Å². The molecule has 2 rings (SSSR count). The Morgan fingerprint density at radius 3 is 2.23 bits per heavy atom. The first-order valence-corrected chi connectivity index (χ1v) is 3.65. The van der Waals surface area contributed by atoms with Crippen LogP contribution in [0.3, 0.4) is 0 Å². The van der Waals surface area contributed by atoms with E-state index in [1.165, 1.54) is 12.1 Å². The van der Waals surface area contributed by atoms with E-state index in [1.54, 1.807) is 6.07 Å². The molecule has 0 fully saturated rings. The second kappa shape index (κ2) is 2.55. The molecule has 0 spiro atoms. The van der Waals surface area contributed by atoms with Gasteiger partial charge in [0.2, 0.25) is 6.17 Å².